The molecule has 2 N–H and O–H groups in total. The van der Waals surface area contributed by atoms with Gasteiger partial charge in [0.15, 0.2) is 15.7 Å². The lowest BCUT2D eigenvalue weighted by molar-refractivity contribution is 0.229. The van der Waals surface area contributed by atoms with Crippen molar-refractivity contribution in [2.75, 3.05) is 24.6 Å². The van der Waals surface area contributed by atoms with E-state index in [9.17, 15) is 8.42 Å². The van der Waals surface area contributed by atoms with Crippen molar-refractivity contribution in [1.29, 1.82) is 0 Å². The zero-order chi connectivity index (χ0) is 17.5. The zero-order valence-corrected chi connectivity index (χ0v) is 16.1. The Morgan fingerprint density at radius 2 is 1.96 bits per heavy atom. The van der Waals surface area contributed by atoms with Gasteiger partial charge in [0.05, 0.1) is 17.0 Å². The van der Waals surface area contributed by atoms with E-state index in [4.69, 9.17) is 10.3 Å². The summed E-state index contributed by atoms with van der Waals surface area (Å²) in [6, 6.07) is 7.94. The average molecular weight is 399 g/mol. The number of nitrogens with two attached hydrogens (primary N) is 1. The topological polar surface area (TPSA) is 102 Å². The van der Waals surface area contributed by atoms with Gasteiger partial charge in [-0.3, -0.25) is 4.90 Å². The summed E-state index contributed by atoms with van der Waals surface area (Å²) in [4.78, 5) is 6.64. The van der Waals surface area contributed by atoms with Gasteiger partial charge in [0.2, 0.25) is 0 Å². The molecule has 4 rings (SSSR count). The van der Waals surface area contributed by atoms with Crippen LogP contribution in [0.15, 0.2) is 28.8 Å². The van der Waals surface area contributed by atoms with Gasteiger partial charge in [0, 0.05) is 25.2 Å². The minimum absolute atomic E-state index is 0. The molecule has 1 saturated heterocycles. The first kappa shape index (κ1) is 19.3. The molecule has 0 radical (unpaired) electrons. The minimum atomic E-state index is -2.85. The number of rotatable bonds is 4. The van der Waals surface area contributed by atoms with Gasteiger partial charge in [0.1, 0.15) is 0 Å². The highest BCUT2D eigenvalue weighted by Crippen LogP contribution is 2.37. The predicted molar refractivity (Wildman–Crippen MR) is 101 cm³/mol. The van der Waals surface area contributed by atoms with Crippen LogP contribution < -0.4 is 5.73 Å². The van der Waals surface area contributed by atoms with E-state index in [-0.39, 0.29) is 23.9 Å². The number of sulfone groups is 1. The third-order valence-electron chi connectivity index (χ3n) is 5.13. The normalized spacial score (nSPS) is 21.6. The molecular formula is C17H23ClN4O3S. The van der Waals surface area contributed by atoms with Crippen molar-refractivity contribution in [3.63, 3.8) is 0 Å². The highest BCUT2D eigenvalue weighted by atomic mass is 35.5. The van der Waals surface area contributed by atoms with E-state index < -0.39 is 15.4 Å². The highest BCUT2D eigenvalue weighted by Gasteiger charge is 2.39. The van der Waals surface area contributed by atoms with E-state index in [0.717, 1.165) is 30.4 Å². The molecule has 1 aromatic carbocycles. The van der Waals surface area contributed by atoms with Crippen molar-refractivity contribution in [1.82, 2.24) is 15.0 Å². The molecule has 2 aromatic rings. The molecule has 1 aromatic heterocycles. The standard InChI is InChI=1S/C17H22N4O3S.ClH/c18-17(5-2-6-17)16-19-15(24-20-16)14-4-1-3-13(11-14)12-21-7-9-25(22,23)10-8-21;/h1,3-4,11H,2,5-10,12,18H2;1H. The van der Waals surface area contributed by atoms with Crippen LogP contribution in [0, 0.1) is 0 Å². The summed E-state index contributed by atoms with van der Waals surface area (Å²) in [5.41, 5.74) is 7.78. The molecule has 0 atom stereocenters. The van der Waals surface area contributed by atoms with Gasteiger partial charge in [-0.15, -0.1) is 12.4 Å². The first-order valence-electron chi connectivity index (χ1n) is 8.59. The summed E-state index contributed by atoms with van der Waals surface area (Å²) in [6.45, 7) is 1.87. The summed E-state index contributed by atoms with van der Waals surface area (Å²) in [5.74, 6) is 1.53. The van der Waals surface area contributed by atoms with Gasteiger partial charge >= 0.3 is 0 Å². The van der Waals surface area contributed by atoms with E-state index in [1.165, 1.54) is 0 Å². The van der Waals surface area contributed by atoms with Crippen LogP contribution in [0.4, 0.5) is 0 Å². The van der Waals surface area contributed by atoms with Gasteiger partial charge < -0.3 is 10.3 Å². The molecule has 0 unspecified atom stereocenters. The Bertz CT molecular complexity index is 866. The first-order chi connectivity index (χ1) is 11.9. The van der Waals surface area contributed by atoms with E-state index in [2.05, 4.69) is 15.0 Å². The Morgan fingerprint density at radius 3 is 2.62 bits per heavy atom. The fourth-order valence-electron chi connectivity index (χ4n) is 3.29. The second kappa shape index (κ2) is 7.26. The van der Waals surface area contributed by atoms with Crippen LogP contribution >= 0.6 is 12.4 Å². The Hall–Kier alpha value is -1.48. The molecule has 0 spiro atoms. The fourth-order valence-corrected chi connectivity index (χ4v) is 4.57. The molecule has 26 heavy (non-hydrogen) atoms. The number of hydrogen-bond acceptors (Lipinski definition) is 7. The van der Waals surface area contributed by atoms with E-state index in [0.29, 0.717) is 31.3 Å². The highest BCUT2D eigenvalue weighted by molar-refractivity contribution is 7.91. The summed E-state index contributed by atoms with van der Waals surface area (Å²) in [7, 11) is -2.85. The molecule has 1 aliphatic heterocycles. The van der Waals surface area contributed by atoms with Crippen molar-refractivity contribution < 1.29 is 12.9 Å². The number of aromatic nitrogens is 2. The summed E-state index contributed by atoms with van der Waals surface area (Å²) in [6.07, 6.45) is 2.88. The monoisotopic (exact) mass is 398 g/mol. The Morgan fingerprint density at radius 1 is 1.23 bits per heavy atom. The van der Waals surface area contributed by atoms with Crippen LogP contribution in [0.2, 0.25) is 0 Å². The van der Waals surface area contributed by atoms with Crippen LogP contribution in [0.1, 0.15) is 30.7 Å². The summed E-state index contributed by atoms with van der Waals surface area (Å²) >= 11 is 0. The lowest BCUT2D eigenvalue weighted by atomic mass is 9.77. The molecule has 9 heteroatoms. The van der Waals surface area contributed by atoms with Crippen LogP contribution in [-0.2, 0) is 21.9 Å². The van der Waals surface area contributed by atoms with Crippen molar-refractivity contribution >= 4 is 22.2 Å². The van der Waals surface area contributed by atoms with Crippen molar-refractivity contribution in [3.05, 3.63) is 35.7 Å². The first-order valence-corrected chi connectivity index (χ1v) is 10.4. The Labute approximate surface area is 159 Å². The smallest absolute Gasteiger partial charge is 0.258 e. The molecular weight excluding hydrogens is 376 g/mol. The quantitative estimate of drug-likeness (QED) is 0.836. The second-order valence-corrected chi connectivity index (χ2v) is 9.36. The molecule has 2 fully saturated rings. The molecule has 2 heterocycles. The van der Waals surface area contributed by atoms with Gasteiger partial charge in [-0.05, 0) is 37.0 Å². The Balaban J connectivity index is 0.00000196. The van der Waals surface area contributed by atoms with Gasteiger partial charge in [-0.25, -0.2) is 8.42 Å². The molecule has 7 nitrogen and oxygen atoms in total. The van der Waals surface area contributed by atoms with Crippen molar-refractivity contribution in [3.8, 4) is 11.5 Å². The maximum atomic E-state index is 11.5. The lowest BCUT2D eigenvalue weighted by Crippen LogP contribution is -2.44. The van der Waals surface area contributed by atoms with Crippen LogP contribution in [0.3, 0.4) is 0 Å². The minimum Gasteiger partial charge on any atom is -0.334 e. The lowest BCUT2D eigenvalue weighted by Gasteiger charge is -2.34. The Kier molecular flexibility index (Phi) is 5.39. The maximum Gasteiger partial charge on any atom is 0.258 e. The number of benzene rings is 1. The van der Waals surface area contributed by atoms with Gasteiger partial charge in [0.25, 0.3) is 5.89 Å². The van der Waals surface area contributed by atoms with E-state index >= 15 is 0 Å². The molecule has 1 saturated carbocycles. The number of hydrogen-bond donors (Lipinski definition) is 1. The SMILES string of the molecule is Cl.NC1(c2noc(-c3cccc(CN4CCS(=O)(=O)CC4)c3)n2)CCC1. The fraction of sp³-hybridized carbons (Fsp3) is 0.529. The van der Waals surface area contributed by atoms with Crippen molar-refractivity contribution in [2.24, 2.45) is 5.73 Å². The van der Waals surface area contributed by atoms with Crippen LogP contribution in [0.5, 0.6) is 0 Å². The third-order valence-corrected chi connectivity index (χ3v) is 6.74. The van der Waals surface area contributed by atoms with E-state index in [1.807, 2.05) is 24.3 Å². The van der Waals surface area contributed by atoms with Crippen LogP contribution in [-0.4, -0.2) is 48.1 Å². The zero-order valence-electron chi connectivity index (χ0n) is 14.4. The summed E-state index contributed by atoms with van der Waals surface area (Å²) in [5, 5.41) is 4.06. The summed E-state index contributed by atoms with van der Waals surface area (Å²) < 4.78 is 28.5. The van der Waals surface area contributed by atoms with Gasteiger partial charge in [-0.2, -0.15) is 4.98 Å². The van der Waals surface area contributed by atoms with E-state index in [1.54, 1.807) is 0 Å². The second-order valence-electron chi connectivity index (χ2n) is 7.06. The maximum absolute atomic E-state index is 11.5. The molecule has 1 aliphatic carbocycles. The molecule has 0 amide bonds. The number of nitrogens with zero attached hydrogens (tertiary/aromatic N) is 3. The largest absolute Gasteiger partial charge is 0.334 e. The third kappa shape index (κ3) is 3.93. The predicted octanol–water partition coefficient (Wildman–Crippen LogP) is 1.73. The molecule has 2 aliphatic rings. The van der Waals surface area contributed by atoms with Crippen molar-refractivity contribution in [2.45, 2.75) is 31.3 Å². The molecule has 142 valence electrons. The molecule has 0 bridgehead atoms. The number of halogens is 1. The van der Waals surface area contributed by atoms with Gasteiger partial charge in [-0.1, -0.05) is 17.3 Å². The average Bonchev–Trinajstić information content (AvgIpc) is 3.05. The van der Waals surface area contributed by atoms with Crippen LogP contribution in [0.25, 0.3) is 11.5 Å².